The molecule has 1 heteroatoms. The van der Waals surface area contributed by atoms with Gasteiger partial charge in [0.15, 0.2) is 0 Å². The maximum atomic E-state index is 2.50. The molecule has 5 aromatic rings. The van der Waals surface area contributed by atoms with Gasteiger partial charge in [0.25, 0.3) is 0 Å². The van der Waals surface area contributed by atoms with Crippen LogP contribution in [0.3, 0.4) is 0 Å². The smallest absolute Gasteiger partial charge is 0.0433 e. The lowest BCUT2D eigenvalue weighted by molar-refractivity contribution is -0.00518. The van der Waals surface area contributed by atoms with Gasteiger partial charge in [-0.15, -0.1) is 11.3 Å². The van der Waals surface area contributed by atoms with Crippen LogP contribution >= 0.6 is 11.3 Å². The summed E-state index contributed by atoms with van der Waals surface area (Å²) in [7, 11) is 0. The van der Waals surface area contributed by atoms with E-state index in [-0.39, 0.29) is 5.41 Å². The van der Waals surface area contributed by atoms with Gasteiger partial charge in [-0.1, -0.05) is 93.6 Å². The van der Waals surface area contributed by atoms with Gasteiger partial charge in [-0.05, 0) is 113 Å². The highest BCUT2D eigenvalue weighted by Crippen LogP contribution is 2.60. The van der Waals surface area contributed by atoms with Crippen molar-refractivity contribution < 1.29 is 0 Å². The summed E-state index contributed by atoms with van der Waals surface area (Å²) in [6.45, 7) is 7.10. The Labute approximate surface area is 237 Å². The Morgan fingerprint density at radius 2 is 1.28 bits per heavy atom. The molecule has 0 aliphatic heterocycles. The summed E-state index contributed by atoms with van der Waals surface area (Å²) < 4.78 is 2.84. The van der Waals surface area contributed by atoms with Crippen molar-refractivity contribution in [3.63, 3.8) is 0 Å². The minimum Gasteiger partial charge on any atom is -0.134 e. The molecule has 0 nitrogen and oxygen atoms in total. The van der Waals surface area contributed by atoms with E-state index in [1.807, 2.05) is 11.3 Å². The highest BCUT2D eigenvalue weighted by Gasteiger charge is 2.51. The van der Waals surface area contributed by atoms with E-state index >= 15 is 0 Å². The molecule has 0 spiro atoms. The van der Waals surface area contributed by atoms with Crippen molar-refractivity contribution in [2.45, 2.75) is 70.1 Å². The molecular weight excluding hydrogens is 488 g/mol. The van der Waals surface area contributed by atoms with Crippen molar-refractivity contribution in [1.29, 1.82) is 0 Å². The fraction of sp³-hybridized carbons (Fsp3) is 0.368. The second-order valence-corrected chi connectivity index (χ2v) is 15.1. The Kier molecular flexibility index (Phi) is 5.25. The van der Waals surface area contributed by atoms with Crippen molar-refractivity contribution >= 4 is 31.5 Å². The van der Waals surface area contributed by atoms with E-state index in [1.54, 1.807) is 5.56 Å². The Morgan fingerprint density at radius 3 is 1.92 bits per heavy atom. The Morgan fingerprint density at radius 1 is 0.615 bits per heavy atom. The van der Waals surface area contributed by atoms with Gasteiger partial charge in [0.2, 0.25) is 0 Å². The second-order valence-electron chi connectivity index (χ2n) is 14.1. The van der Waals surface area contributed by atoms with E-state index in [0.717, 1.165) is 17.8 Å². The molecule has 0 atom stereocenters. The summed E-state index contributed by atoms with van der Waals surface area (Å²) >= 11 is 1.98. The van der Waals surface area contributed by atoms with E-state index in [2.05, 4.69) is 106 Å². The first-order chi connectivity index (χ1) is 18.9. The van der Waals surface area contributed by atoms with Gasteiger partial charge in [0, 0.05) is 20.2 Å². The highest BCUT2D eigenvalue weighted by molar-refractivity contribution is 7.26. The first kappa shape index (κ1) is 23.9. The molecule has 4 aliphatic rings. The number of rotatable bonds is 3. The van der Waals surface area contributed by atoms with Crippen LogP contribution in [0, 0.1) is 17.8 Å². The lowest BCUT2D eigenvalue weighted by Gasteiger charge is -2.57. The average molecular weight is 527 g/mol. The predicted octanol–water partition coefficient (Wildman–Crippen LogP) is 11.2. The van der Waals surface area contributed by atoms with E-state index in [0.29, 0.717) is 5.41 Å². The molecule has 9 rings (SSSR count). The van der Waals surface area contributed by atoms with Gasteiger partial charge in [0.05, 0.1) is 0 Å². The molecule has 4 bridgehead atoms. The van der Waals surface area contributed by atoms with E-state index in [4.69, 9.17) is 0 Å². The summed E-state index contributed by atoms with van der Waals surface area (Å²) in [5.41, 5.74) is 8.97. The fourth-order valence-corrected chi connectivity index (χ4v) is 10.5. The van der Waals surface area contributed by atoms with E-state index in [9.17, 15) is 0 Å². The molecular formula is C38H38S. The van der Waals surface area contributed by atoms with Crippen LogP contribution in [0.1, 0.15) is 70.4 Å². The Balaban J connectivity index is 1.25. The molecule has 0 unspecified atom stereocenters. The van der Waals surface area contributed by atoms with Gasteiger partial charge < -0.3 is 0 Å². The van der Waals surface area contributed by atoms with Gasteiger partial charge in [-0.3, -0.25) is 0 Å². The summed E-state index contributed by atoms with van der Waals surface area (Å²) in [5, 5.41) is 2.79. The van der Waals surface area contributed by atoms with Crippen LogP contribution < -0.4 is 0 Å². The molecule has 1 heterocycles. The van der Waals surface area contributed by atoms with Gasteiger partial charge in [-0.25, -0.2) is 0 Å². The molecule has 4 saturated carbocycles. The van der Waals surface area contributed by atoms with Crippen LogP contribution in [0.25, 0.3) is 42.4 Å². The summed E-state index contributed by atoms with van der Waals surface area (Å²) in [6.07, 6.45) is 8.82. The van der Waals surface area contributed by atoms with Crippen molar-refractivity contribution in [2.24, 2.45) is 17.8 Å². The number of hydrogen-bond acceptors (Lipinski definition) is 1. The molecule has 0 amide bonds. The molecule has 4 aliphatic carbocycles. The fourth-order valence-electron chi connectivity index (χ4n) is 8.95. The van der Waals surface area contributed by atoms with Gasteiger partial charge in [-0.2, -0.15) is 0 Å². The number of thiophene rings is 1. The van der Waals surface area contributed by atoms with E-state index in [1.165, 1.54) is 86.5 Å². The van der Waals surface area contributed by atoms with Crippen molar-refractivity contribution in [3.05, 3.63) is 96.1 Å². The first-order valence-corrected chi connectivity index (χ1v) is 15.8. The molecule has 4 fully saturated rings. The average Bonchev–Trinajstić information content (AvgIpc) is 3.30. The summed E-state index contributed by atoms with van der Waals surface area (Å²) in [4.78, 5) is 0. The third kappa shape index (κ3) is 3.84. The molecule has 0 saturated heterocycles. The van der Waals surface area contributed by atoms with Crippen molar-refractivity contribution in [1.82, 2.24) is 0 Å². The number of hydrogen-bond donors (Lipinski definition) is 0. The molecule has 196 valence electrons. The molecule has 1 aromatic heterocycles. The standard InChI is InChI=1S/C38H38S/c1-37(2,3)34-20-29(19-33-32-11-7-10-31(35(32)39-36(33)34)28-8-5-4-6-9-28)27-12-14-30(15-13-27)38-21-24-16-25(22-38)18-26(17-24)23-38/h4-15,19-20,24-26H,16-18,21-23H2,1-3H3. The monoisotopic (exact) mass is 526 g/mol. The van der Waals surface area contributed by atoms with Crippen molar-refractivity contribution in [2.75, 3.05) is 0 Å². The first-order valence-electron chi connectivity index (χ1n) is 15.0. The molecule has 0 N–H and O–H groups in total. The van der Waals surface area contributed by atoms with E-state index < -0.39 is 0 Å². The van der Waals surface area contributed by atoms with Crippen LogP contribution in [-0.2, 0) is 10.8 Å². The Hall–Kier alpha value is -2.90. The zero-order chi connectivity index (χ0) is 26.4. The third-order valence-electron chi connectivity index (χ3n) is 10.4. The summed E-state index contributed by atoms with van der Waals surface area (Å²) in [6, 6.07) is 32.6. The largest absolute Gasteiger partial charge is 0.134 e. The van der Waals surface area contributed by atoms with Crippen molar-refractivity contribution in [3.8, 4) is 22.3 Å². The zero-order valence-electron chi connectivity index (χ0n) is 23.5. The van der Waals surface area contributed by atoms with Crippen LogP contribution in [-0.4, -0.2) is 0 Å². The normalized spacial score (nSPS) is 26.1. The van der Waals surface area contributed by atoms with Crippen LogP contribution in [0.4, 0.5) is 0 Å². The molecule has 0 radical (unpaired) electrons. The number of fused-ring (bicyclic) bond motifs is 3. The third-order valence-corrected chi connectivity index (χ3v) is 11.6. The predicted molar refractivity (Wildman–Crippen MR) is 169 cm³/mol. The number of benzene rings is 4. The maximum absolute atomic E-state index is 2.50. The summed E-state index contributed by atoms with van der Waals surface area (Å²) in [5.74, 6) is 2.96. The quantitative estimate of drug-likeness (QED) is 0.219. The van der Waals surface area contributed by atoms with Gasteiger partial charge in [0.1, 0.15) is 0 Å². The lowest BCUT2D eigenvalue weighted by atomic mass is 9.48. The highest BCUT2D eigenvalue weighted by atomic mass is 32.1. The lowest BCUT2D eigenvalue weighted by Crippen LogP contribution is -2.48. The van der Waals surface area contributed by atoms with Crippen LogP contribution in [0.5, 0.6) is 0 Å². The minimum absolute atomic E-state index is 0.0706. The molecule has 4 aromatic carbocycles. The second kappa shape index (κ2) is 8.55. The maximum Gasteiger partial charge on any atom is 0.0433 e. The van der Waals surface area contributed by atoms with Crippen LogP contribution in [0.15, 0.2) is 84.9 Å². The SMILES string of the molecule is CC(C)(C)c1cc(-c2ccc(C34CC5CC(CC(C5)C3)C4)cc2)cc2c1sc1c(-c3ccccc3)cccc12. The Bertz CT molecular complexity index is 1660. The van der Waals surface area contributed by atoms with Crippen LogP contribution in [0.2, 0.25) is 0 Å². The topological polar surface area (TPSA) is 0 Å². The van der Waals surface area contributed by atoms with Gasteiger partial charge >= 0.3 is 0 Å². The zero-order valence-corrected chi connectivity index (χ0v) is 24.3. The molecule has 39 heavy (non-hydrogen) atoms. The minimum atomic E-state index is 0.0706.